The second-order valence-corrected chi connectivity index (χ2v) is 5.53. The summed E-state index contributed by atoms with van der Waals surface area (Å²) in [7, 11) is 0.528. The summed E-state index contributed by atoms with van der Waals surface area (Å²) in [5.41, 5.74) is -0.668. The number of aromatic nitrogens is 1. The minimum atomic E-state index is -0.764. The molecule has 0 aromatic carbocycles. The highest BCUT2D eigenvalue weighted by Gasteiger charge is 2.54. The molecule has 0 bridgehead atoms. The first-order chi connectivity index (χ1) is 8.68. The Morgan fingerprint density at radius 3 is 2.21 bits per heavy atom. The van der Waals surface area contributed by atoms with Gasteiger partial charge in [0.25, 0.3) is 0 Å². The molecule has 0 atom stereocenters. The molecule has 0 saturated carbocycles. The largest absolute Gasteiger partial charge is 0.535 e. The molecule has 0 unspecified atom stereocenters. The Morgan fingerprint density at radius 1 is 1.21 bits per heavy atom. The number of rotatable bonds is 2. The number of carbonyl (C=O) groups is 1. The normalized spacial score (nSPS) is 20.6. The molecule has 1 fully saturated rings. The number of hydrogen-bond donors (Lipinski definition) is 0. The molecule has 7 heteroatoms. The summed E-state index contributed by atoms with van der Waals surface area (Å²) in [4.78, 5) is 15.7. The van der Waals surface area contributed by atoms with Gasteiger partial charge in [-0.05, 0) is 27.7 Å². The third-order valence-electron chi connectivity index (χ3n) is 3.61. The average Bonchev–Trinajstić information content (AvgIpc) is 2.77. The third kappa shape index (κ3) is 2.28. The van der Waals surface area contributed by atoms with Crippen molar-refractivity contribution in [3.63, 3.8) is 0 Å². The topological polar surface area (TPSA) is 70.8 Å². The molecule has 1 aromatic rings. The number of methoxy groups -OCH3 is 1. The van der Waals surface area contributed by atoms with Crippen LogP contribution in [0, 0.1) is 6.92 Å². The molecule has 6 nitrogen and oxygen atoms in total. The molecule has 2 rings (SSSR count). The number of nitrogens with zero attached hydrogens (tertiary/aromatic N) is 1. The predicted octanol–water partition coefficient (Wildman–Crippen LogP) is 1.07. The summed E-state index contributed by atoms with van der Waals surface area (Å²) in [6, 6.07) is 0. The molecule has 19 heavy (non-hydrogen) atoms. The van der Waals surface area contributed by atoms with E-state index in [0.717, 1.165) is 0 Å². The van der Waals surface area contributed by atoms with Crippen LogP contribution in [0.3, 0.4) is 0 Å². The number of esters is 1. The average molecular weight is 267 g/mol. The van der Waals surface area contributed by atoms with Crippen LogP contribution in [0.2, 0.25) is 0 Å². The quantitative estimate of drug-likeness (QED) is 0.589. The predicted molar refractivity (Wildman–Crippen MR) is 68.3 cm³/mol. The zero-order chi connectivity index (χ0) is 14.4. The number of oxazole rings is 1. The van der Waals surface area contributed by atoms with Gasteiger partial charge in [0, 0.05) is 6.92 Å². The Labute approximate surface area is 112 Å². The second kappa shape index (κ2) is 4.35. The highest BCUT2D eigenvalue weighted by atomic mass is 16.7. The molecular weight excluding hydrogens is 249 g/mol. The van der Waals surface area contributed by atoms with Crippen molar-refractivity contribution in [1.82, 2.24) is 4.98 Å². The van der Waals surface area contributed by atoms with Crippen molar-refractivity contribution in [3.05, 3.63) is 11.6 Å². The van der Waals surface area contributed by atoms with E-state index in [4.69, 9.17) is 13.7 Å². The fourth-order valence-corrected chi connectivity index (χ4v) is 1.80. The van der Waals surface area contributed by atoms with Crippen molar-refractivity contribution in [2.45, 2.75) is 45.8 Å². The van der Waals surface area contributed by atoms with E-state index in [1.54, 1.807) is 6.92 Å². The van der Waals surface area contributed by atoms with Gasteiger partial charge in [-0.15, -0.1) is 0 Å². The van der Waals surface area contributed by atoms with Crippen molar-refractivity contribution in [1.29, 1.82) is 0 Å². The molecule has 0 spiro atoms. The molecule has 104 valence electrons. The number of carbonyl (C=O) groups excluding carboxylic acids is 1. The van der Waals surface area contributed by atoms with Gasteiger partial charge in [0.15, 0.2) is 17.2 Å². The Balaban J connectivity index is 2.37. The van der Waals surface area contributed by atoms with Crippen LogP contribution in [0.1, 0.15) is 44.1 Å². The van der Waals surface area contributed by atoms with E-state index in [0.29, 0.717) is 5.89 Å². The Morgan fingerprint density at radius 2 is 1.74 bits per heavy atom. The molecule has 1 aliphatic rings. The second-order valence-electron chi connectivity index (χ2n) is 5.53. The first-order valence-corrected chi connectivity index (χ1v) is 6.09. The summed E-state index contributed by atoms with van der Waals surface area (Å²) in [5.74, 6) is -0.202. The minimum absolute atomic E-state index is 0.0958. The maximum Gasteiger partial charge on any atom is 0.535 e. The summed E-state index contributed by atoms with van der Waals surface area (Å²) in [5, 5.41) is 0. The first kappa shape index (κ1) is 14.1. The summed E-state index contributed by atoms with van der Waals surface area (Å²) in [6.45, 7) is 9.35. The van der Waals surface area contributed by atoms with Crippen molar-refractivity contribution in [3.8, 4) is 0 Å². The van der Waals surface area contributed by atoms with Gasteiger partial charge >= 0.3 is 13.1 Å². The zero-order valence-corrected chi connectivity index (χ0v) is 12.1. The first-order valence-electron chi connectivity index (χ1n) is 6.09. The highest BCUT2D eigenvalue weighted by molar-refractivity contribution is 6.62. The number of ether oxygens (including phenoxy) is 1. The van der Waals surface area contributed by atoms with Crippen LogP contribution >= 0.6 is 0 Å². The van der Waals surface area contributed by atoms with Gasteiger partial charge < -0.3 is 18.5 Å². The lowest BCUT2D eigenvalue weighted by atomic mass is 9.84. The van der Waals surface area contributed by atoms with E-state index >= 15 is 0 Å². The van der Waals surface area contributed by atoms with E-state index < -0.39 is 24.3 Å². The summed E-state index contributed by atoms with van der Waals surface area (Å²) < 4.78 is 21.8. The SMILES string of the molecule is COC(=O)c1nc(C)oc1B1OC(C)(C)C(C)(C)O1. The van der Waals surface area contributed by atoms with Crippen molar-refractivity contribution in [2.24, 2.45) is 0 Å². The Kier molecular flexibility index (Phi) is 3.22. The third-order valence-corrected chi connectivity index (χ3v) is 3.61. The van der Waals surface area contributed by atoms with Gasteiger partial charge in [-0.25, -0.2) is 9.78 Å². The molecular formula is C12H18BNO5. The lowest BCUT2D eigenvalue weighted by Gasteiger charge is -2.32. The van der Waals surface area contributed by atoms with Gasteiger partial charge in [-0.2, -0.15) is 0 Å². The van der Waals surface area contributed by atoms with Crippen molar-refractivity contribution >= 4 is 18.7 Å². The highest BCUT2D eigenvalue weighted by Crippen LogP contribution is 2.36. The van der Waals surface area contributed by atoms with Crippen molar-refractivity contribution < 1.29 is 23.3 Å². The molecule has 0 amide bonds. The van der Waals surface area contributed by atoms with E-state index in [9.17, 15) is 4.79 Å². The molecule has 0 N–H and O–H groups in total. The van der Waals surface area contributed by atoms with Crippen LogP contribution in [0.25, 0.3) is 0 Å². The molecule has 1 aromatic heterocycles. The van der Waals surface area contributed by atoms with Crippen LogP contribution < -0.4 is 5.66 Å². The maximum absolute atomic E-state index is 11.7. The summed E-state index contributed by atoms with van der Waals surface area (Å²) >= 11 is 0. The minimum Gasteiger partial charge on any atom is -0.464 e. The summed E-state index contributed by atoms with van der Waals surface area (Å²) in [6.07, 6.45) is 0. The van der Waals surface area contributed by atoms with Crippen LogP contribution in [-0.4, -0.2) is 36.4 Å². The molecule has 0 radical (unpaired) electrons. The Bertz CT molecular complexity index is 492. The van der Waals surface area contributed by atoms with Crippen LogP contribution in [0.5, 0.6) is 0 Å². The van der Waals surface area contributed by atoms with Crippen LogP contribution in [-0.2, 0) is 14.0 Å². The monoisotopic (exact) mass is 267 g/mol. The van der Waals surface area contributed by atoms with Gasteiger partial charge in [-0.1, -0.05) is 0 Å². The lowest BCUT2D eigenvalue weighted by Crippen LogP contribution is -2.41. The smallest absolute Gasteiger partial charge is 0.464 e. The van der Waals surface area contributed by atoms with Crippen LogP contribution in [0.4, 0.5) is 0 Å². The zero-order valence-electron chi connectivity index (χ0n) is 12.1. The molecule has 0 aliphatic carbocycles. The van der Waals surface area contributed by atoms with E-state index in [-0.39, 0.29) is 11.4 Å². The Hall–Kier alpha value is -1.34. The van der Waals surface area contributed by atoms with E-state index in [1.807, 2.05) is 27.7 Å². The number of aryl methyl sites for hydroxylation is 1. The maximum atomic E-state index is 11.7. The standard InChI is InChI=1S/C12H18BNO5/c1-7-14-8(10(15)16-6)9(17-7)13-18-11(2,3)12(4,5)19-13/h1-6H3. The molecule has 1 saturated heterocycles. The van der Waals surface area contributed by atoms with E-state index in [2.05, 4.69) is 9.72 Å². The van der Waals surface area contributed by atoms with Gasteiger partial charge in [0.1, 0.15) is 0 Å². The van der Waals surface area contributed by atoms with Crippen molar-refractivity contribution in [2.75, 3.05) is 7.11 Å². The molecule has 1 aliphatic heterocycles. The van der Waals surface area contributed by atoms with Gasteiger partial charge in [-0.3, -0.25) is 0 Å². The van der Waals surface area contributed by atoms with Gasteiger partial charge in [0.05, 0.1) is 18.3 Å². The number of hydrogen-bond acceptors (Lipinski definition) is 6. The van der Waals surface area contributed by atoms with Crippen LogP contribution in [0.15, 0.2) is 4.42 Å². The van der Waals surface area contributed by atoms with E-state index in [1.165, 1.54) is 7.11 Å². The molecule has 2 heterocycles. The fraction of sp³-hybridized carbons (Fsp3) is 0.667. The van der Waals surface area contributed by atoms with Gasteiger partial charge in [0.2, 0.25) is 0 Å². The lowest BCUT2D eigenvalue weighted by molar-refractivity contribution is 0.00578. The fourth-order valence-electron chi connectivity index (χ4n) is 1.80.